The first-order chi connectivity index (χ1) is 23.2. The van der Waals surface area contributed by atoms with E-state index in [0.717, 1.165) is 10.5 Å². The average Bonchev–Trinajstić information content (AvgIpc) is 3.11. The molecule has 0 aliphatic heterocycles. The highest BCUT2D eigenvalue weighted by Crippen LogP contribution is 2.31. The van der Waals surface area contributed by atoms with Crippen LogP contribution in [0.25, 0.3) is 6.08 Å². The minimum atomic E-state index is -0.504. The van der Waals surface area contributed by atoms with E-state index in [0.29, 0.717) is 39.9 Å². The van der Waals surface area contributed by atoms with Gasteiger partial charge in [-0.2, -0.15) is 0 Å². The Bertz CT molecular complexity index is 1900. The minimum absolute atomic E-state index is 0.0604. The number of hydrogen-bond donors (Lipinski definition) is 3. The summed E-state index contributed by atoms with van der Waals surface area (Å²) in [7, 11) is 0. The smallest absolute Gasteiger partial charge is 0.272 e. The number of anilines is 2. The molecule has 48 heavy (non-hydrogen) atoms. The minimum Gasteiger partial charge on any atom is -0.489 e. The van der Waals surface area contributed by atoms with Crippen molar-refractivity contribution in [1.29, 1.82) is 0 Å². The summed E-state index contributed by atoms with van der Waals surface area (Å²) in [5, 5.41) is 8.60. The number of amides is 3. The SMILES string of the molecule is CC(Sc1ccc(NC(=O)/C(=C/c2ccc(OCc3ccccc3)cc2)NC(=O)c2ccccc2)cc1)C(=O)Nc1cccc(Cl)c1Cl. The number of carbonyl (C=O) groups excluding carboxylic acids is 3. The first-order valence-electron chi connectivity index (χ1n) is 14.9. The number of carbonyl (C=O) groups is 3. The van der Waals surface area contributed by atoms with Crippen molar-refractivity contribution in [2.24, 2.45) is 0 Å². The molecule has 0 fully saturated rings. The largest absolute Gasteiger partial charge is 0.489 e. The van der Waals surface area contributed by atoms with Crippen LogP contribution in [0.2, 0.25) is 10.0 Å². The number of thioether (sulfide) groups is 1. The van der Waals surface area contributed by atoms with Crippen molar-refractivity contribution in [1.82, 2.24) is 5.32 Å². The lowest BCUT2D eigenvalue weighted by molar-refractivity contribution is -0.115. The topological polar surface area (TPSA) is 96.5 Å². The second-order valence-corrected chi connectivity index (χ2v) is 12.8. The van der Waals surface area contributed by atoms with Gasteiger partial charge in [-0.05, 0) is 84.8 Å². The molecule has 0 spiro atoms. The monoisotopic (exact) mass is 695 g/mol. The Hall–Kier alpha value is -5.02. The van der Waals surface area contributed by atoms with Crippen LogP contribution in [0.1, 0.15) is 28.4 Å². The summed E-state index contributed by atoms with van der Waals surface area (Å²) >= 11 is 13.6. The summed E-state index contributed by atoms with van der Waals surface area (Å²) in [6.45, 7) is 2.21. The van der Waals surface area contributed by atoms with E-state index >= 15 is 0 Å². The number of halogens is 2. The Kier molecular flexibility index (Phi) is 11.9. The van der Waals surface area contributed by atoms with Crippen molar-refractivity contribution in [3.05, 3.63) is 160 Å². The van der Waals surface area contributed by atoms with Crippen molar-refractivity contribution in [3.8, 4) is 5.75 Å². The van der Waals surface area contributed by atoms with Gasteiger partial charge in [-0.25, -0.2) is 0 Å². The van der Waals surface area contributed by atoms with E-state index in [9.17, 15) is 14.4 Å². The molecule has 0 aliphatic carbocycles. The lowest BCUT2D eigenvalue weighted by Gasteiger charge is -2.14. The molecule has 5 aromatic rings. The third-order valence-corrected chi connectivity index (χ3v) is 8.90. The molecule has 1 unspecified atom stereocenters. The van der Waals surface area contributed by atoms with Crippen LogP contribution in [0.5, 0.6) is 5.75 Å². The summed E-state index contributed by atoms with van der Waals surface area (Å²) in [6, 6.07) is 37.9. The van der Waals surface area contributed by atoms with Crippen molar-refractivity contribution >= 4 is 70.1 Å². The third-order valence-electron chi connectivity index (χ3n) is 6.97. The summed E-state index contributed by atoms with van der Waals surface area (Å²) < 4.78 is 5.88. The predicted octanol–water partition coefficient (Wildman–Crippen LogP) is 9.10. The van der Waals surface area contributed by atoms with Gasteiger partial charge in [-0.3, -0.25) is 14.4 Å². The number of benzene rings is 5. The highest BCUT2D eigenvalue weighted by atomic mass is 35.5. The number of hydrogen-bond acceptors (Lipinski definition) is 5. The van der Waals surface area contributed by atoms with Gasteiger partial charge in [0.1, 0.15) is 18.1 Å². The van der Waals surface area contributed by atoms with Gasteiger partial charge in [0.25, 0.3) is 11.8 Å². The second kappa shape index (κ2) is 16.7. The van der Waals surface area contributed by atoms with Gasteiger partial charge in [-0.15, -0.1) is 11.8 Å². The molecule has 10 heteroatoms. The molecule has 242 valence electrons. The van der Waals surface area contributed by atoms with Gasteiger partial charge < -0.3 is 20.7 Å². The first-order valence-corrected chi connectivity index (χ1v) is 16.6. The van der Waals surface area contributed by atoms with Crippen LogP contribution in [-0.4, -0.2) is 23.0 Å². The van der Waals surface area contributed by atoms with Gasteiger partial charge >= 0.3 is 0 Å². The van der Waals surface area contributed by atoms with Crippen LogP contribution in [0.15, 0.2) is 138 Å². The molecule has 0 heterocycles. The molecule has 7 nitrogen and oxygen atoms in total. The Balaban J connectivity index is 1.25. The highest BCUT2D eigenvalue weighted by Gasteiger charge is 2.18. The fourth-order valence-electron chi connectivity index (χ4n) is 4.42. The van der Waals surface area contributed by atoms with E-state index in [1.165, 1.54) is 11.8 Å². The predicted molar refractivity (Wildman–Crippen MR) is 195 cm³/mol. The van der Waals surface area contributed by atoms with E-state index in [1.807, 2.05) is 60.7 Å². The fraction of sp³-hybridized carbons (Fsp3) is 0.0789. The number of rotatable bonds is 12. The molecular weight excluding hydrogens is 665 g/mol. The summed E-state index contributed by atoms with van der Waals surface area (Å²) in [5.74, 6) is -0.484. The van der Waals surface area contributed by atoms with E-state index in [-0.39, 0.29) is 16.6 Å². The van der Waals surface area contributed by atoms with Gasteiger partial charge in [-0.1, -0.05) is 89.9 Å². The summed E-state index contributed by atoms with van der Waals surface area (Å²) in [5.41, 5.74) is 3.17. The van der Waals surface area contributed by atoms with Gasteiger partial charge in [0.05, 0.1) is 21.0 Å². The molecule has 0 aromatic heterocycles. The van der Waals surface area contributed by atoms with Crippen LogP contribution in [0, 0.1) is 0 Å². The number of ether oxygens (including phenoxy) is 1. The zero-order chi connectivity index (χ0) is 33.9. The van der Waals surface area contributed by atoms with Crippen LogP contribution >= 0.6 is 35.0 Å². The van der Waals surface area contributed by atoms with Crippen molar-refractivity contribution < 1.29 is 19.1 Å². The molecule has 5 rings (SSSR count). The maximum atomic E-state index is 13.5. The molecule has 3 amide bonds. The quantitative estimate of drug-likeness (QED) is 0.0894. The first kappa shape index (κ1) is 34.3. The Labute approximate surface area is 293 Å². The molecule has 0 aliphatic rings. The zero-order valence-corrected chi connectivity index (χ0v) is 28.1. The Morgan fingerprint density at radius 2 is 1.44 bits per heavy atom. The molecule has 3 N–H and O–H groups in total. The standard InChI is InChI=1S/C38H31Cl2N3O4S/c1-25(36(44)42-33-14-8-13-32(39)35(33)40)48-31-21-17-29(18-22-31)41-38(46)34(43-37(45)28-11-6-3-7-12-28)23-26-15-19-30(20-16-26)47-24-27-9-4-2-5-10-27/h2-23,25H,24H2,1H3,(H,41,46)(H,42,44)(H,43,45)/b34-23-. The van der Waals surface area contributed by atoms with Crippen LogP contribution in [0.3, 0.4) is 0 Å². The maximum absolute atomic E-state index is 13.5. The van der Waals surface area contributed by atoms with Gasteiger partial charge in [0, 0.05) is 16.1 Å². The van der Waals surface area contributed by atoms with Crippen LogP contribution in [-0.2, 0) is 16.2 Å². The van der Waals surface area contributed by atoms with E-state index in [4.69, 9.17) is 27.9 Å². The van der Waals surface area contributed by atoms with Crippen molar-refractivity contribution in [2.45, 2.75) is 23.7 Å². The normalized spacial score (nSPS) is 11.7. The third kappa shape index (κ3) is 9.75. The molecule has 5 aromatic carbocycles. The van der Waals surface area contributed by atoms with Crippen molar-refractivity contribution in [3.63, 3.8) is 0 Å². The molecular formula is C38H31Cl2N3O4S. The second-order valence-electron chi connectivity index (χ2n) is 10.6. The zero-order valence-electron chi connectivity index (χ0n) is 25.8. The van der Waals surface area contributed by atoms with Crippen LogP contribution < -0.4 is 20.7 Å². The van der Waals surface area contributed by atoms with Gasteiger partial charge in [0.2, 0.25) is 5.91 Å². The molecule has 0 radical (unpaired) electrons. The summed E-state index contributed by atoms with van der Waals surface area (Å²) in [6.07, 6.45) is 1.60. The Morgan fingerprint density at radius 1 is 0.771 bits per heavy atom. The molecule has 0 saturated carbocycles. The lowest BCUT2D eigenvalue weighted by atomic mass is 10.1. The van der Waals surface area contributed by atoms with Crippen LogP contribution in [0.4, 0.5) is 11.4 Å². The van der Waals surface area contributed by atoms with E-state index < -0.39 is 17.1 Å². The lowest BCUT2D eigenvalue weighted by Crippen LogP contribution is -2.30. The van der Waals surface area contributed by atoms with Crippen molar-refractivity contribution in [2.75, 3.05) is 10.6 Å². The number of nitrogens with one attached hydrogen (secondary N) is 3. The molecule has 1 atom stereocenters. The molecule has 0 saturated heterocycles. The average molecular weight is 697 g/mol. The van der Waals surface area contributed by atoms with E-state index in [1.54, 1.807) is 79.7 Å². The van der Waals surface area contributed by atoms with Gasteiger partial charge in [0.15, 0.2) is 0 Å². The maximum Gasteiger partial charge on any atom is 0.272 e. The summed E-state index contributed by atoms with van der Waals surface area (Å²) in [4.78, 5) is 40.1. The highest BCUT2D eigenvalue weighted by molar-refractivity contribution is 8.00. The van der Waals surface area contributed by atoms with E-state index in [2.05, 4.69) is 16.0 Å². The Morgan fingerprint density at radius 3 is 2.12 bits per heavy atom. The fourth-order valence-corrected chi connectivity index (χ4v) is 5.63. The molecule has 0 bridgehead atoms.